The molecule has 2 aromatic rings. The standard InChI is InChI=1S/C15H16FNOS/c16-14-3-1-2-12(10-14)6-8-17-15(18)5-4-13-7-9-19-11-13/h1-3,7,9-11H,4-6,8H2,(H,17,18). The lowest BCUT2D eigenvalue weighted by Gasteiger charge is -2.05. The number of carbonyl (C=O) groups excluding carboxylic acids is 1. The lowest BCUT2D eigenvalue weighted by molar-refractivity contribution is -0.121. The van der Waals surface area contributed by atoms with Crippen molar-refractivity contribution in [2.45, 2.75) is 19.3 Å². The topological polar surface area (TPSA) is 29.1 Å². The monoisotopic (exact) mass is 277 g/mol. The predicted octanol–water partition coefficient (Wildman–Crippen LogP) is 3.18. The van der Waals surface area contributed by atoms with E-state index >= 15 is 0 Å². The summed E-state index contributed by atoms with van der Waals surface area (Å²) in [6.45, 7) is 0.548. The molecule has 0 aliphatic rings. The number of aryl methyl sites for hydroxylation is 1. The van der Waals surface area contributed by atoms with E-state index < -0.39 is 0 Å². The van der Waals surface area contributed by atoms with E-state index in [-0.39, 0.29) is 11.7 Å². The summed E-state index contributed by atoms with van der Waals surface area (Å²) < 4.78 is 12.9. The molecule has 100 valence electrons. The summed E-state index contributed by atoms with van der Waals surface area (Å²) in [7, 11) is 0. The molecule has 1 aromatic carbocycles. The number of hydrogen-bond acceptors (Lipinski definition) is 2. The van der Waals surface area contributed by atoms with Crippen LogP contribution >= 0.6 is 11.3 Å². The van der Waals surface area contributed by atoms with Crippen LogP contribution in [0.1, 0.15) is 17.5 Å². The zero-order chi connectivity index (χ0) is 13.5. The summed E-state index contributed by atoms with van der Waals surface area (Å²) in [5.74, 6) is -0.191. The van der Waals surface area contributed by atoms with Crippen molar-refractivity contribution in [1.82, 2.24) is 5.32 Å². The average molecular weight is 277 g/mol. The smallest absolute Gasteiger partial charge is 0.220 e. The summed E-state index contributed by atoms with van der Waals surface area (Å²) >= 11 is 1.64. The zero-order valence-electron chi connectivity index (χ0n) is 10.6. The van der Waals surface area contributed by atoms with Crippen molar-refractivity contribution in [3.63, 3.8) is 0 Å². The number of amides is 1. The van der Waals surface area contributed by atoms with E-state index in [1.807, 2.05) is 17.5 Å². The molecule has 1 aromatic heterocycles. The third-order valence-electron chi connectivity index (χ3n) is 2.85. The van der Waals surface area contributed by atoms with Crippen LogP contribution in [0.25, 0.3) is 0 Å². The molecule has 0 aliphatic heterocycles. The van der Waals surface area contributed by atoms with Crippen molar-refractivity contribution in [3.05, 3.63) is 58.0 Å². The third kappa shape index (κ3) is 4.83. The second-order valence-corrected chi connectivity index (χ2v) is 5.14. The Bertz CT molecular complexity index is 525. The van der Waals surface area contributed by atoms with Gasteiger partial charge in [0.2, 0.25) is 5.91 Å². The molecule has 1 N–H and O–H groups in total. The number of thiophene rings is 1. The average Bonchev–Trinajstić information content (AvgIpc) is 2.89. The molecule has 4 heteroatoms. The molecule has 0 spiro atoms. The number of hydrogen-bond donors (Lipinski definition) is 1. The molecule has 1 heterocycles. The maximum Gasteiger partial charge on any atom is 0.220 e. The van der Waals surface area contributed by atoms with Gasteiger partial charge in [-0.2, -0.15) is 11.3 Å². The molecule has 0 atom stereocenters. The van der Waals surface area contributed by atoms with E-state index in [1.165, 1.54) is 17.7 Å². The molecule has 0 unspecified atom stereocenters. The first-order chi connectivity index (χ1) is 9.24. The van der Waals surface area contributed by atoms with Crippen LogP contribution in [0, 0.1) is 5.82 Å². The molecule has 0 radical (unpaired) electrons. The Morgan fingerprint density at radius 1 is 1.21 bits per heavy atom. The van der Waals surface area contributed by atoms with Crippen LogP contribution in [0.5, 0.6) is 0 Å². The minimum absolute atomic E-state index is 0.0441. The van der Waals surface area contributed by atoms with Gasteiger partial charge in [-0.3, -0.25) is 4.79 Å². The van der Waals surface area contributed by atoms with Crippen LogP contribution < -0.4 is 5.32 Å². The fourth-order valence-corrected chi connectivity index (χ4v) is 2.52. The van der Waals surface area contributed by atoms with Crippen molar-refractivity contribution >= 4 is 17.2 Å². The fraction of sp³-hybridized carbons (Fsp3) is 0.267. The molecule has 1 amide bonds. The lowest BCUT2D eigenvalue weighted by atomic mass is 10.1. The van der Waals surface area contributed by atoms with E-state index in [2.05, 4.69) is 10.7 Å². The molecule has 0 fully saturated rings. The van der Waals surface area contributed by atoms with Gasteiger partial charge in [0.15, 0.2) is 0 Å². The van der Waals surface area contributed by atoms with Gasteiger partial charge in [-0.15, -0.1) is 0 Å². The van der Waals surface area contributed by atoms with Crippen LogP contribution in [-0.2, 0) is 17.6 Å². The minimum atomic E-state index is -0.235. The van der Waals surface area contributed by atoms with E-state index in [1.54, 1.807) is 17.4 Å². The van der Waals surface area contributed by atoms with E-state index in [4.69, 9.17) is 0 Å². The third-order valence-corrected chi connectivity index (χ3v) is 3.58. The molecule has 0 saturated heterocycles. The van der Waals surface area contributed by atoms with Crippen LogP contribution in [0.4, 0.5) is 4.39 Å². The highest BCUT2D eigenvalue weighted by molar-refractivity contribution is 7.07. The zero-order valence-corrected chi connectivity index (χ0v) is 11.4. The van der Waals surface area contributed by atoms with E-state index in [9.17, 15) is 9.18 Å². The summed E-state index contributed by atoms with van der Waals surface area (Å²) in [5.41, 5.74) is 2.10. The van der Waals surface area contributed by atoms with E-state index in [0.29, 0.717) is 19.4 Å². The SMILES string of the molecule is O=C(CCc1ccsc1)NCCc1cccc(F)c1. The number of nitrogens with one attached hydrogen (secondary N) is 1. The number of rotatable bonds is 6. The largest absolute Gasteiger partial charge is 0.356 e. The van der Waals surface area contributed by atoms with Gasteiger partial charge in [0.05, 0.1) is 0 Å². The van der Waals surface area contributed by atoms with Gasteiger partial charge >= 0.3 is 0 Å². The molecular formula is C15H16FNOS. The molecule has 0 saturated carbocycles. The van der Waals surface area contributed by atoms with Crippen molar-refractivity contribution in [1.29, 1.82) is 0 Å². The first kappa shape index (κ1) is 13.7. The summed E-state index contributed by atoms with van der Waals surface area (Å²) in [4.78, 5) is 11.6. The second kappa shape index (κ2) is 7.04. The van der Waals surface area contributed by atoms with Gasteiger partial charge in [0.1, 0.15) is 5.82 Å². The van der Waals surface area contributed by atoms with Crippen LogP contribution in [0.15, 0.2) is 41.1 Å². The highest BCUT2D eigenvalue weighted by atomic mass is 32.1. The highest BCUT2D eigenvalue weighted by Crippen LogP contribution is 2.08. The van der Waals surface area contributed by atoms with Crippen molar-refractivity contribution in [2.24, 2.45) is 0 Å². The predicted molar refractivity (Wildman–Crippen MR) is 75.8 cm³/mol. The minimum Gasteiger partial charge on any atom is -0.356 e. The molecule has 2 rings (SSSR count). The lowest BCUT2D eigenvalue weighted by Crippen LogP contribution is -2.25. The first-order valence-corrected chi connectivity index (χ1v) is 7.20. The van der Waals surface area contributed by atoms with Crippen molar-refractivity contribution in [3.8, 4) is 0 Å². The Hall–Kier alpha value is -1.68. The van der Waals surface area contributed by atoms with Gasteiger partial charge in [0.25, 0.3) is 0 Å². The number of carbonyl (C=O) groups is 1. The molecule has 19 heavy (non-hydrogen) atoms. The van der Waals surface area contributed by atoms with Gasteiger partial charge in [0, 0.05) is 13.0 Å². The van der Waals surface area contributed by atoms with Crippen LogP contribution in [0.3, 0.4) is 0 Å². The summed E-state index contributed by atoms with van der Waals surface area (Å²) in [5, 5.41) is 6.92. The van der Waals surface area contributed by atoms with Gasteiger partial charge in [-0.05, 0) is 52.9 Å². The Morgan fingerprint density at radius 3 is 2.84 bits per heavy atom. The molecule has 2 nitrogen and oxygen atoms in total. The normalized spacial score (nSPS) is 10.4. The van der Waals surface area contributed by atoms with Gasteiger partial charge in [-0.1, -0.05) is 12.1 Å². The van der Waals surface area contributed by atoms with Gasteiger partial charge in [-0.25, -0.2) is 4.39 Å². The number of halogens is 1. The second-order valence-electron chi connectivity index (χ2n) is 4.36. The van der Waals surface area contributed by atoms with Crippen LogP contribution in [-0.4, -0.2) is 12.5 Å². The first-order valence-electron chi connectivity index (χ1n) is 6.26. The Labute approximate surface area is 116 Å². The molecular weight excluding hydrogens is 261 g/mol. The fourth-order valence-electron chi connectivity index (χ4n) is 1.82. The van der Waals surface area contributed by atoms with Crippen molar-refractivity contribution < 1.29 is 9.18 Å². The molecule has 0 bridgehead atoms. The van der Waals surface area contributed by atoms with Crippen LogP contribution in [0.2, 0.25) is 0 Å². The maximum absolute atomic E-state index is 12.9. The summed E-state index contributed by atoms with van der Waals surface area (Å²) in [6.07, 6.45) is 1.93. The van der Waals surface area contributed by atoms with E-state index in [0.717, 1.165) is 12.0 Å². The maximum atomic E-state index is 12.9. The highest BCUT2D eigenvalue weighted by Gasteiger charge is 2.02. The number of benzene rings is 1. The molecule has 0 aliphatic carbocycles. The van der Waals surface area contributed by atoms with Gasteiger partial charge < -0.3 is 5.32 Å². The Balaban J connectivity index is 1.66. The van der Waals surface area contributed by atoms with Crippen molar-refractivity contribution in [2.75, 3.05) is 6.54 Å². The Morgan fingerprint density at radius 2 is 2.11 bits per heavy atom. The summed E-state index contributed by atoms with van der Waals surface area (Å²) in [6, 6.07) is 8.49. The quantitative estimate of drug-likeness (QED) is 0.863. The Kier molecular flexibility index (Phi) is 5.10.